The fourth-order valence-corrected chi connectivity index (χ4v) is 3.65. The number of amides is 2. The second kappa shape index (κ2) is 6.58. The van der Waals surface area contributed by atoms with Crippen LogP contribution in [0.1, 0.15) is 16.1 Å². The molecule has 0 aromatic carbocycles. The molecule has 2 aromatic heterocycles. The minimum atomic E-state index is -4.49. The number of pyridine rings is 1. The summed E-state index contributed by atoms with van der Waals surface area (Å²) in [4.78, 5) is 30.2. The fraction of sp³-hybridized carbons (Fsp3) is 0.400. The Bertz CT molecular complexity index is 821. The first-order valence-electron chi connectivity index (χ1n) is 7.43. The average molecular weight is 372 g/mol. The van der Waals surface area contributed by atoms with E-state index in [1.165, 1.54) is 16.7 Å². The number of nitrogens with one attached hydrogen (secondary N) is 1. The predicted molar refractivity (Wildman–Crippen MR) is 86.3 cm³/mol. The maximum atomic E-state index is 12.7. The molecule has 2 aromatic rings. The molecule has 1 fully saturated rings. The minimum absolute atomic E-state index is 0.154. The Morgan fingerprint density at radius 1 is 1.44 bits per heavy atom. The van der Waals surface area contributed by atoms with Crippen molar-refractivity contribution < 1.29 is 22.8 Å². The number of halogens is 3. The summed E-state index contributed by atoms with van der Waals surface area (Å²) < 4.78 is 38.5. The number of imidazole rings is 1. The van der Waals surface area contributed by atoms with Crippen LogP contribution in [0.3, 0.4) is 0 Å². The highest BCUT2D eigenvalue weighted by molar-refractivity contribution is 7.99. The van der Waals surface area contributed by atoms with Crippen LogP contribution in [0.2, 0.25) is 0 Å². The van der Waals surface area contributed by atoms with E-state index >= 15 is 0 Å². The van der Waals surface area contributed by atoms with Crippen molar-refractivity contribution in [2.24, 2.45) is 0 Å². The Balaban J connectivity index is 1.76. The van der Waals surface area contributed by atoms with Crippen LogP contribution in [-0.2, 0) is 4.79 Å². The summed E-state index contributed by atoms with van der Waals surface area (Å²) in [6.45, 7) is 0.483. The van der Waals surface area contributed by atoms with Crippen molar-refractivity contribution in [1.82, 2.24) is 19.6 Å². The topological polar surface area (TPSA) is 66.7 Å². The van der Waals surface area contributed by atoms with Gasteiger partial charge in [-0.15, -0.1) is 11.8 Å². The number of hydrogen-bond acceptors (Lipinski definition) is 4. The lowest BCUT2D eigenvalue weighted by Gasteiger charge is -2.22. The Kier molecular flexibility index (Phi) is 4.63. The molecule has 10 heteroatoms. The standard InChI is InChI=1S/C15H15F3N4O2S/c1-9-2-3-21-5-10(20-12(21)4-9)14(24)22-8-25-6-11(22)13(23)19-7-15(16,17)18/h2-5,11H,6-8H2,1H3,(H,19,23)/t11-/m0/s1. The first kappa shape index (κ1) is 17.6. The van der Waals surface area contributed by atoms with E-state index in [2.05, 4.69) is 4.98 Å². The highest BCUT2D eigenvalue weighted by Gasteiger charge is 2.37. The van der Waals surface area contributed by atoms with E-state index in [4.69, 9.17) is 0 Å². The second-order valence-electron chi connectivity index (χ2n) is 5.72. The second-order valence-corrected chi connectivity index (χ2v) is 6.72. The Hall–Kier alpha value is -2.23. The van der Waals surface area contributed by atoms with Gasteiger partial charge in [-0.2, -0.15) is 13.2 Å². The molecule has 2 amide bonds. The third-order valence-corrected chi connectivity index (χ3v) is 4.76. The summed E-state index contributed by atoms with van der Waals surface area (Å²) in [6.07, 6.45) is -1.18. The third kappa shape index (κ3) is 3.89. The molecule has 1 atom stereocenters. The van der Waals surface area contributed by atoms with E-state index in [1.807, 2.05) is 24.4 Å². The van der Waals surface area contributed by atoms with Gasteiger partial charge in [0.15, 0.2) is 0 Å². The van der Waals surface area contributed by atoms with Gasteiger partial charge in [0, 0.05) is 18.1 Å². The van der Waals surface area contributed by atoms with Crippen molar-refractivity contribution in [3.8, 4) is 0 Å². The normalized spacial score (nSPS) is 17.9. The monoisotopic (exact) mass is 372 g/mol. The quantitative estimate of drug-likeness (QED) is 0.893. The maximum Gasteiger partial charge on any atom is 0.405 e. The van der Waals surface area contributed by atoms with Gasteiger partial charge < -0.3 is 14.6 Å². The number of carbonyl (C=O) groups excluding carboxylic acids is 2. The van der Waals surface area contributed by atoms with Gasteiger partial charge in [-0.25, -0.2) is 4.98 Å². The van der Waals surface area contributed by atoms with Crippen LogP contribution < -0.4 is 5.32 Å². The van der Waals surface area contributed by atoms with Gasteiger partial charge >= 0.3 is 6.18 Å². The van der Waals surface area contributed by atoms with Gasteiger partial charge in [-0.1, -0.05) is 0 Å². The van der Waals surface area contributed by atoms with Crippen molar-refractivity contribution in [1.29, 1.82) is 0 Å². The molecule has 1 aliphatic heterocycles. The molecule has 3 rings (SSSR count). The molecule has 3 heterocycles. The van der Waals surface area contributed by atoms with E-state index in [0.29, 0.717) is 5.65 Å². The van der Waals surface area contributed by atoms with Gasteiger partial charge in [0.05, 0.1) is 5.88 Å². The summed E-state index contributed by atoms with van der Waals surface area (Å²) in [6, 6.07) is 2.73. The molecule has 1 aliphatic rings. The van der Waals surface area contributed by atoms with Crippen molar-refractivity contribution in [3.05, 3.63) is 35.8 Å². The van der Waals surface area contributed by atoms with Crippen molar-refractivity contribution in [2.45, 2.75) is 19.1 Å². The van der Waals surface area contributed by atoms with Crippen LogP contribution in [-0.4, -0.2) is 56.5 Å². The Morgan fingerprint density at radius 3 is 2.92 bits per heavy atom. The van der Waals surface area contributed by atoms with Gasteiger partial charge in [-0.05, 0) is 24.6 Å². The molecule has 1 saturated heterocycles. The first-order valence-corrected chi connectivity index (χ1v) is 8.58. The Morgan fingerprint density at radius 2 is 2.20 bits per heavy atom. The number of alkyl halides is 3. The fourth-order valence-electron chi connectivity index (χ4n) is 2.50. The van der Waals surface area contributed by atoms with Gasteiger partial charge in [0.2, 0.25) is 5.91 Å². The summed E-state index contributed by atoms with van der Waals surface area (Å²) >= 11 is 1.31. The van der Waals surface area contributed by atoms with Crippen LogP contribution in [0.25, 0.3) is 5.65 Å². The van der Waals surface area contributed by atoms with Crippen molar-refractivity contribution >= 4 is 29.2 Å². The van der Waals surface area contributed by atoms with E-state index in [-0.39, 0.29) is 17.3 Å². The molecule has 0 radical (unpaired) electrons. The number of aryl methyl sites for hydroxylation is 1. The van der Waals surface area contributed by atoms with Crippen LogP contribution in [0, 0.1) is 6.92 Å². The largest absolute Gasteiger partial charge is 0.405 e. The van der Waals surface area contributed by atoms with Gasteiger partial charge in [-0.3, -0.25) is 9.59 Å². The zero-order valence-corrected chi connectivity index (χ0v) is 14.0. The van der Waals surface area contributed by atoms with Gasteiger partial charge in [0.1, 0.15) is 23.9 Å². The third-order valence-electron chi connectivity index (χ3n) is 3.74. The molecule has 0 aliphatic carbocycles. The molecular weight excluding hydrogens is 357 g/mol. The van der Waals surface area contributed by atoms with Crippen LogP contribution in [0.15, 0.2) is 24.5 Å². The summed E-state index contributed by atoms with van der Waals surface area (Å²) in [7, 11) is 0. The number of thioether (sulfide) groups is 1. The zero-order valence-electron chi connectivity index (χ0n) is 13.2. The minimum Gasteiger partial charge on any atom is -0.345 e. The number of aromatic nitrogens is 2. The molecule has 0 saturated carbocycles. The lowest BCUT2D eigenvalue weighted by atomic mass is 10.2. The summed E-state index contributed by atoms with van der Waals surface area (Å²) in [5.74, 6) is -0.800. The Labute approximate surface area is 145 Å². The predicted octanol–water partition coefficient (Wildman–Crippen LogP) is 1.84. The van der Waals surface area contributed by atoms with Crippen molar-refractivity contribution in [2.75, 3.05) is 18.2 Å². The van der Waals surface area contributed by atoms with Gasteiger partial charge in [0.25, 0.3) is 5.91 Å². The van der Waals surface area contributed by atoms with Crippen LogP contribution in [0.4, 0.5) is 13.2 Å². The molecule has 0 unspecified atom stereocenters. The SMILES string of the molecule is Cc1ccn2cc(C(=O)N3CSC[C@H]3C(=O)NCC(F)(F)F)nc2c1. The maximum absolute atomic E-state index is 12.7. The molecule has 0 spiro atoms. The van der Waals surface area contributed by atoms with E-state index in [9.17, 15) is 22.8 Å². The average Bonchev–Trinajstić information content (AvgIpc) is 3.17. The highest BCUT2D eigenvalue weighted by atomic mass is 32.2. The summed E-state index contributed by atoms with van der Waals surface area (Å²) in [5, 5.41) is 1.84. The molecule has 6 nitrogen and oxygen atoms in total. The van der Waals surface area contributed by atoms with E-state index in [0.717, 1.165) is 5.56 Å². The first-order chi connectivity index (χ1) is 11.7. The molecule has 25 heavy (non-hydrogen) atoms. The van der Waals surface area contributed by atoms with E-state index < -0.39 is 30.6 Å². The van der Waals surface area contributed by atoms with Crippen LogP contribution in [0.5, 0.6) is 0 Å². The molecule has 0 bridgehead atoms. The molecule has 1 N–H and O–H groups in total. The molecule has 134 valence electrons. The van der Waals surface area contributed by atoms with Crippen molar-refractivity contribution in [3.63, 3.8) is 0 Å². The smallest absolute Gasteiger partial charge is 0.345 e. The zero-order chi connectivity index (χ0) is 18.2. The summed E-state index contributed by atoms with van der Waals surface area (Å²) in [5.41, 5.74) is 1.73. The number of hydrogen-bond donors (Lipinski definition) is 1. The van der Waals surface area contributed by atoms with Crippen LogP contribution >= 0.6 is 11.8 Å². The number of rotatable bonds is 3. The van der Waals surface area contributed by atoms with E-state index in [1.54, 1.807) is 16.8 Å². The number of fused-ring (bicyclic) bond motifs is 1. The highest BCUT2D eigenvalue weighted by Crippen LogP contribution is 2.24. The lowest BCUT2D eigenvalue weighted by Crippen LogP contribution is -2.49. The number of nitrogens with zero attached hydrogens (tertiary/aromatic N) is 3. The molecular formula is C15H15F3N4O2S. The number of carbonyl (C=O) groups is 2. The lowest BCUT2D eigenvalue weighted by molar-refractivity contribution is -0.140.